The molecule has 1 N–H and O–H groups in total. The van der Waals surface area contributed by atoms with Crippen molar-refractivity contribution in [1.29, 1.82) is 0 Å². The van der Waals surface area contributed by atoms with Crippen LogP contribution in [0.3, 0.4) is 0 Å². The number of rotatable bonds is 5. The number of hydrogen-bond donors (Lipinski definition) is 1. The van der Waals surface area contributed by atoms with Crippen LogP contribution in [0.2, 0.25) is 0 Å². The van der Waals surface area contributed by atoms with Gasteiger partial charge in [0.1, 0.15) is 16.0 Å². The summed E-state index contributed by atoms with van der Waals surface area (Å²) in [6.45, 7) is 0.172. The molecule has 1 fully saturated rings. The number of carboxylic acid groups (broad SMARTS) is 1. The van der Waals surface area contributed by atoms with Gasteiger partial charge in [-0.15, -0.1) is 0 Å². The molecule has 1 aromatic carbocycles. The summed E-state index contributed by atoms with van der Waals surface area (Å²) >= 11 is 0. The number of aliphatic carboxylic acids is 1. The zero-order valence-electron chi connectivity index (χ0n) is 10.0. The van der Waals surface area contributed by atoms with Crippen molar-refractivity contribution in [2.24, 2.45) is 0 Å². The predicted octanol–water partition coefficient (Wildman–Crippen LogP) is 1.02. The molecule has 1 heterocycles. The molecule has 0 atom stereocenters. The highest BCUT2D eigenvalue weighted by atomic mass is 32.2. The fraction of sp³-hybridized carbons (Fsp3) is 0.417. The number of hydrogen-bond acceptors (Lipinski definition) is 4. The van der Waals surface area contributed by atoms with Gasteiger partial charge in [0.05, 0.1) is 13.2 Å². The SMILES string of the molecule is O=C(O)CCc1ccc(S(=O)(=O)C2COC2)c(F)c1. The second-order valence-electron chi connectivity index (χ2n) is 4.36. The summed E-state index contributed by atoms with van der Waals surface area (Å²) in [6, 6.07) is 3.72. The first-order valence-electron chi connectivity index (χ1n) is 5.73. The summed E-state index contributed by atoms with van der Waals surface area (Å²) < 4.78 is 42.6. The third-order valence-corrected chi connectivity index (χ3v) is 5.07. The van der Waals surface area contributed by atoms with Crippen LogP contribution in [0.5, 0.6) is 0 Å². The van der Waals surface area contributed by atoms with Gasteiger partial charge in [-0.1, -0.05) is 6.07 Å². The van der Waals surface area contributed by atoms with E-state index in [2.05, 4.69) is 0 Å². The molecule has 0 saturated carbocycles. The Hall–Kier alpha value is -1.47. The average Bonchev–Trinajstić information content (AvgIpc) is 2.22. The minimum absolute atomic E-state index is 0.0859. The second kappa shape index (κ2) is 5.26. The molecule has 1 aliphatic heterocycles. The summed E-state index contributed by atoms with van der Waals surface area (Å²) in [6.07, 6.45) is 0.0428. The van der Waals surface area contributed by atoms with Gasteiger partial charge in [-0.05, 0) is 24.1 Å². The first-order chi connectivity index (χ1) is 8.91. The second-order valence-corrected chi connectivity index (χ2v) is 6.56. The fourth-order valence-corrected chi connectivity index (χ4v) is 3.25. The lowest BCUT2D eigenvalue weighted by molar-refractivity contribution is -0.136. The summed E-state index contributed by atoms with van der Waals surface area (Å²) in [5.41, 5.74) is 0.462. The molecule has 0 spiro atoms. The van der Waals surface area contributed by atoms with Crippen LogP contribution in [0.1, 0.15) is 12.0 Å². The number of benzene rings is 1. The zero-order chi connectivity index (χ0) is 14.0. The molecule has 1 aromatic rings. The molecule has 1 aliphatic rings. The molecule has 0 amide bonds. The highest BCUT2D eigenvalue weighted by molar-refractivity contribution is 7.92. The molecule has 0 bridgehead atoms. The van der Waals surface area contributed by atoms with Crippen LogP contribution in [0.15, 0.2) is 23.1 Å². The van der Waals surface area contributed by atoms with Gasteiger partial charge in [-0.25, -0.2) is 12.8 Å². The standard InChI is InChI=1S/C12H13FO5S/c13-10-5-8(2-4-12(14)15)1-3-11(10)19(16,17)9-6-18-7-9/h1,3,5,9H,2,4,6-7H2,(H,14,15). The van der Waals surface area contributed by atoms with Gasteiger partial charge in [0, 0.05) is 6.42 Å². The van der Waals surface area contributed by atoms with E-state index in [0.29, 0.717) is 5.56 Å². The van der Waals surface area contributed by atoms with Crippen molar-refractivity contribution < 1.29 is 27.4 Å². The lowest BCUT2D eigenvalue weighted by atomic mass is 10.1. The van der Waals surface area contributed by atoms with Gasteiger partial charge in [0.25, 0.3) is 0 Å². The van der Waals surface area contributed by atoms with Crippen LogP contribution in [0, 0.1) is 5.82 Å². The molecule has 1 saturated heterocycles. The average molecular weight is 288 g/mol. The predicted molar refractivity (Wildman–Crippen MR) is 64.1 cm³/mol. The Labute approximate surface area is 109 Å². The van der Waals surface area contributed by atoms with Gasteiger partial charge in [0.15, 0.2) is 9.84 Å². The number of ether oxygens (including phenoxy) is 1. The van der Waals surface area contributed by atoms with Crippen LogP contribution in [0.25, 0.3) is 0 Å². The Kier molecular flexibility index (Phi) is 3.86. The maximum absolute atomic E-state index is 13.8. The third-order valence-electron chi connectivity index (χ3n) is 2.98. The minimum Gasteiger partial charge on any atom is -0.481 e. The summed E-state index contributed by atoms with van der Waals surface area (Å²) in [5, 5.41) is 7.85. The van der Waals surface area contributed by atoms with Crippen molar-refractivity contribution in [3.8, 4) is 0 Å². The third kappa shape index (κ3) is 2.93. The molecule has 19 heavy (non-hydrogen) atoms. The molecule has 0 aliphatic carbocycles. The number of aryl methyl sites for hydroxylation is 1. The number of halogens is 1. The Balaban J connectivity index is 2.21. The summed E-state index contributed by atoms with van der Waals surface area (Å²) in [4.78, 5) is 10.1. The van der Waals surface area contributed by atoms with Gasteiger partial charge in [-0.3, -0.25) is 4.79 Å². The molecule has 2 rings (SSSR count). The van der Waals surface area contributed by atoms with E-state index in [-0.39, 0.29) is 31.0 Å². The van der Waals surface area contributed by atoms with E-state index in [1.165, 1.54) is 12.1 Å². The largest absolute Gasteiger partial charge is 0.481 e. The van der Waals surface area contributed by atoms with Crippen LogP contribution in [-0.2, 0) is 25.8 Å². The van der Waals surface area contributed by atoms with E-state index in [0.717, 1.165) is 6.07 Å². The molecular formula is C12H13FO5S. The topological polar surface area (TPSA) is 80.7 Å². The number of sulfone groups is 1. The van der Waals surface area contributed by atoms with Gasteiger partial charge < -0.3 is 9.84 Å². The van der Waals surface area contributed by atoms with E-state index in [9.17, 15) is 17.6 Å². The van der Waals surface area contributed by atoms with Crippen molar-refractivity contribution in [2.45, 2.75) is 23.0 Å². The Bertz CT molecular complexity index is 592. The first kappa shape index (κ1) is 14.0. The van der Waals surface area contributed by atoms with E-state index in [1.54, 1.807) is 0 Å². The monoisotopic (exact) mass is 288 g/mol. The van der Waals surface area contributed by atoms with Crippen LogP contribution < -0.4 is 0 Å². The molecule has 0 aromatic heterocycles. The van der Waals surface area contributed by atoms with E-state index < -0.39 is 26.9 Å². The molecule has 0 radical (unpaired) electrons. The Morgan fingerprint density at radius 3 is 2.58 bits per heavy atom. The molecule has 7 heteroatoms. The molecule has 5 nitrogen and oxygen atoms in total. The smallest absolute Gasteiger partial charge is 0.303 e. The zero-order valence-corrected chi connectivity index (χ0v) is 10.8. The van der Waals surface area contributed by atoms with Crippen LogP contribution >= 0.6 is 0 Å². The highest BCUT2D eigenvalue weighted by Gasteiger charge is 2.35. The van der Waals surface area contributed by atoms with Crippen molar-refractivity contribution in [1.82, 2.24) is 0 Å². The molecule has 0 unspecified atom stereocenters. The Morgan fingerprint density at radius 1 is 1.42 bits per heavy atom. The van der Waals surface area contributed by atoms with Gasteiger partial charge in [-0.2, -0.15) is 0 Å². The summed E-state index contributed by atoms with van der Waals surface area (Å²) in [7, 11) is -3.70. The fourth-order valence-electron chi connectivity index (χ4n) is 1.75. The van der Waals surface area contributed by atoms with Crippen molar-refractivity contribution in [2.75, 3.05) is 13.2 Å². The highest BCUT2D eigenvalue weighted by Crippen LogP contribution is 2.24. The summed E-state index contributed by atoms with van der Waals surface area (Å²) in [5.74, 6) is -1.82. The van der Waals surface area contributed by atoms with Gasteiger partial charge >= 0.3 is 5.97 Å². The number of carbonyl (C=O) groups is 1. The van der Waals surface area contributed by atoms with Crippen molar-refractivity contribution >= 4 is 15.8 Å². The Morgan fingerprint density at radius 2 is 2.11 bits per heavy atom. The van der Waals surface area contributed by atoms with E-state index >= 15 is 0 Å². The maximum atomic E-state index is 13.8. The van der Waals surface area contributed by atoms with E-state index in [4.69, 9.17) is 9.84 Å². The van der Waals surface area contributed by atoms with Crippen molar-refractivity contribution in [3.05, 3.63) is 29.6 Å². The van der Waals surface area contributed by atoms with E-state index in [1.807, 2.05) is 0 Å². The van der Waals surface area contributed by atoms with Gasteiger partial charge in [0.2, 0.25) is 0 Å². The van der Waals surface area contributed by atoms with Crippen LogP contribution in [-0.4, -0.2) is 38.0 Å². The van der Waals surface area contributed by atoms with Crippen LogP contribution in [0.4, 0.5) is 4.39 Å². The number of carboxylic acids is 1. The normalized spacial score (nSPS) is 16.1. The quantitative estimate of drug-likeness (QED) is 0.874. The lowest BCUT2D eigenvalue weighted by Crippen LogP contribution is -2.40. The maximum Gasteiger partial charge on any atom is 0.303 e. The molecule has 104 valence electrons. The minimum atomic E-state index is -3.70. The first-order valence-corrected chi connectivity index (χ1v) is 7.28. The van der Waals surface area contributed by atoms with Crippen molar-refractivity contribution in [3.63, 3.8) is 0 Å². The lowest BCUT2D eigenvalue weighted by Gasteiger charge is -2.25. The molecular weight excluding hydrogens is 275 g/mol.